The second kappa shape index (κ2) is 4.86. The molecule has 0 saturated carbocycles. The van der Waals surface area contributed by atoms with E-state index in [0.717, 1.165) is 13.2 Å². The van der Waals surface area contributed by atoms with Crippen molar-refractivity contribution in [1.82, 2.24) is 5.32 Å². The molecule has 82 valence electrons. The van der Waals surface area contributed by atoms with Gasteiger partial charge in [-0.05, 0) is 38.4 Å². The maximum Gasteiger partial charge on any atom is 0.0480 e. The van der Waals surface area contributed by atoms with Crippen molar-refractivity contribution >= 4 is 11.8 Å². The zero-order chi connectivity index (χ0) is 9.86. The first-order chi connectivity index (χ1) is 6.79. The van der Waals surface area contributed by atoms with E-state index in [1.165, 1.54) is 38.0 Å². The van der Waals surface area contributed by atoms with Crippen LogP contribution < -0.4 is 5.32 Å². The van der Waals surface area contributed by atoms with Gasteiger partial charge >= 0.3 is 0 Å². The summed E-state index contributed by atoms with van der Waals surface area (Å²) in [5.74, 6) is 1.35. The fraction of sp³-hybridized carbons (Fsp3) is 1.00. The molecule has 0 aromatic rings. The highest BCUT2D eigenvalue weighted by Gasteiger charge is 2.29. The van der Waals surface area contributed by atoms with Gasteiger partial charge in [-0.3, -0.25) is 0 Å². The van der Waals surface area contributed by atoms with Gasteiger partial charge in [0.05, 0.1) is 0 Å². The highest BCUT2D eigenvalue weighted by atomic mass is 32.2. The lowest BCUT2D eigenvalue weighted by Crippen LogP contribution is -2.42. The summed E-state index contributed by atoms with van der Waals surface area (Å²) in [6.45, 7) is 5.47. The van der Waals surface area contributed by atoms with Crippen LogP contribution in [0.1, 0.15) is 32.6 Å². The first-order valence-electron chi connectivity index (χ1n) is 5.74. The Morgan fingerprint density at radius 1 is 1.43 bits per heavy atom. The Bertz CT molecular complexity index is 174. The summed E-state index contributed by atoms with van der Waals surface area (Å²) < 4.78 is 5.86. The highest BCUT2D eigenvalue weighted by Crippen LogP contribution is 2.37. The number of ether oxygens (including phenoxy) is 1. The third-order valence-electron chi connectivity index (χ3n) is 3.29. The van der Waals surface area contributed by atoms with Crippen molar-refractivity contribution in [1.29, 1.82) is 0 Å². The van der Waals surface area contributed by atoms with Crippen LogP contribution in [-0.4, -0.2) is 36.3 Å². The summed E-state index contributed by atoms with van der Waals surface area (Å²) in [6, 6.07) is 0.710. The van der Waals surface area contributed by atoms with Crippen molar-refractivity contribution in [3.8, 4) is 0 Å². The standard InChI is InChI=1S/C11H21NOS/c1-11(5-2-8-14-11)9-12-10-3-6-13-7-4-10/h10,12H,2-9H2,1H3. The van der Waals surface area contributed by atoms with Crippen LogP contribution in [0.3, 0.4) is 0 Å². The van der Waals surface area contributed by atoms with Crippen LogP contribution in [-0.2, 0) is 4.74 Å². The molecule has 1 unspecified atom stereocenters. The number of hydrogen-bond donors (Lipinski definition) is 1. The molecule has 0 aromatic carbocycles. The van der Waals surface area contributed by atoms with Gasteiger partial charge in [-0.1, -0.05) is 0 Å². The lowest BCUT2D eigenvalue weighted by Gasteiger charge is -2.29. The second-order valence-electron chi connectivity index (χ2n) is 4.67. The van der Waals surface area contributed by atoms with Crippen LogP contribution in [0.25, 0.3) is 0 Å². The van der Waals surface area contributed by atoms with Crippen LogP contribution in [0.15, 0.2) is 0 Å². The molecule has 2 saturated heterocycles. The summed E-state index contributed by atoms with van der Waals surface area (Å²) in [5.41, 5.74) is 0. The monoisotopic (exact) mass is 215 g/mol. The fourth-order valence-corrected chi connectivity index (χ4v) is 3.49. The number of nitrogens with one attached hydrogen (secondary N) is 1. The smallest absolute Gasteiger partial charge is 0.0480 e. The Balaban J connectivity index is 1.70. The first-order valence-corrected chi connectivity index (χ1v) is 6.72. The third-order valence-corrected chi connectivity index (χ3v) is 4.82. The van der Waals surface area contributed by atoms with Gasteiger partial charge in [0, 0.05) is 30.5 Å². The molecule has 2 aliphatic rings. The molecule has 14 heavy (non-hydrogen) atoms. The van der Waals surface area contributed by atoms with E-state index >= 15 is 0 Å². The van der Waals surface area contributed by atoms with Gasteiger partial charge in [0.25, 0.3) is 0 Å². The maximum absolute atomic E-state index is 5.35. The largest absolute Gasteiger partial charge is 0.381 e. The van der Waals surface area contributed by atoms with Gasteiger partial charge < -0.3 is 10.1 Å². The van der Waals surface area contributed by atoms with E-state index in [-0.39, 0.29) is 0 Å². The lowest BCUT2D eigenvalue weighted by atomic mass is 10.0. The van der Waals surface area contributed by atoms with Crippen molar-refractivity contribution in [3.63, 3.8) is 0 Å². The number of hydrogen-bond acceptors (Lipinski definition) is 3. The van der Waals surface area contributed by atoms with E-state index in [9.17, 15) is 0 Å². The van der Waals surface area contributed by atoms with Gasteiger partial charge in [-0.2, -0.15) is 11.8 Å². The van der Waals surface area contributed by atoms with Gasteiger partial charge in [0.2, 0.25) is 0 Å². The van der Waals surface area contributed by atoms with E-state index < -0.39 is 0 Å². The normalized spacial score (nSPS) is 34.9. The summed E-state index contributed by atoms with van der Waals surface area (Å²) in [4.78, 5) is 0. The molecule has 3 heteroatoms. The molecule has 1 N–H and O–H groups in total. The predicted octanol–water partition coefficient (Wildman–Crippen LogP) is 2.04. The molecule has 0 aliphatic carbocycles. The second-order valence-corrected chi connectivity index (χ2v) is 6.35. The molecule has 2 heterocycles. The predicted molar refractivity (Wildman–Crippen MR) is 61.9 cm³/mol. The zero-order valence-electron chi connectivity index (χ0n) is 9.05. The minimum Gasteiger partial charge on any atom is -0.381 e. The Morgan fingerprint density at radius 2 is 2.21 bits per heavy atom. The molecule has 0 radical (unpaired) electrons. The average molecular weight is 215 g/mol. The number of rotatable bonds is 3. The average Bonchev–Trinajstić information content (AvgIpc) is 2.65. The highest BCUT2D eigenvalue weighted by molar-refractivity contribution is 8.00. The molecule has 0 aromatic heterocycles. The summed E-state index contributed by atoms with van der Waals surface area (Å²) >= 11 is 2.14. The molecule has 2 fully saturated rings. The Labute approximate surface area is 91.2 Å². The van der Waals surface area contributed by atoms with Crippen LogP contribution in [0.4, 0.5) is 0 Å². The van der Waals surface area contributed by atoms with Crippen molar-refractivity contribution in [2.24, 2.45) is 0 Å². The zero-order valence-corrected chi connectivity index (χ0v) is 9.87. The molecule has 2 aliphatic heterocycles. The molecule has 2 rings (SSSR count). The lowest BCUT2D eigenvalue weighted by molar-refractivity contribution is 0.0775. The van der Waals surface area contributed by atoms with Gasteiger partial charge in [-0.15, -0.1) is 0 Å². The maximum atomic E-state index is 5.35. The third kappa shape index (κ3) is 2.88. The van der Waals surface area contributed by atoms with E-state index in [1.807, 2.05) is 0 Å². The quantitative estimate of drug-likeness (QED) is 0.778. The summed E-state index contributed by atoms with van der Waals surface area (Å²) in [6.07, 6.45) is 5.17. The Hall–Kier alpha value is 0.270. The minimum atomic E-state index is 0.512. The van der Waals surface area contributed by atoms with E-state index in [0.29, 0.717) is 10.8 Å². The van der Waals surface area contributed by atoms with Gasteiger partial charge in [-0.25, -0.2) is 0 Å². The molecular weight excluding hydrogens is 194 g/mol. The van der Waals surface area contributed by atoms with Crippen LogP contribution in [0.5, 0.6) is 0 Å². The van der Waals surface area contributed by atoms with Gasteiger partial charge in [0.15, 0.2) is 0 Å². The van der Waals surface area contributed by atoms with Gasteiger partial charge in [0.1, 0.15) is 0 Å². The van der Waals surface area contributed by atoms with E-state index in [2.05, 4.69) is 24.0 Å². The SMILES string of the molecule is CC1(CNC2CCOCC2)CCCS1. The topological polar surface area (TPSA) is 21.3 Å². The summed E-state index contributed by atoms with van der Waals surface area (Å²) in [5, 5.41) is 3.70. The number of thioether (sulfide) groups is 1. The molecular formula is C11H21NOS. The first kappa shape index (κ1) is 10.8. The molecule has 2 nitrogen and oxygen atoms in total. The molecule has 0 bridgehead atoms. The Morgan fingerprint density at radius 3 is 2.86 bits per heavy atom. The Kier molecular flexibility index (Phi) is 3.74. The van der Waals surface area contributed by atoms with Crippen molar-refractivity contribution in [2.75, 3.05) is 25.5 Å². The molecule has 0 spiro atoms. The fourth-order valence-electron chi connectivity index (χ4n) is 2.24. The van der Waals surface area contributed by atoms with Crippen LogP contribution in [0.2, 0.25) is 0 Å². The van der Waals surface area contributed by atoms with Crippen molar-refractivity contribution < 1.29 is 4.74 Å². The summed E-state index contributed by atoms with van der Waals surface area (Å²) in [7, 11) is 0. The van der Waals surface area contributed by atoms with Crippen molar-refractivity contribution in [2.45, 2.75) is 43.4 Å². The minimum absolute atomic E-state index is 0.512. The van der Waals surface area contributed by atoms with E-state index in [1.54, 1.807) is 0 Å². The van der Waals surface area contributed by atoms with Crippen LogP contribution in [0, 0.1) is 0 Å². The van der Waals surface area contributed by atoms with Crippen molar-refractivity contribution in [3.05, 3.63) is 0 Å². The van der Waals surface area contributed by atoms with Crippen LogP contribution >= 0.6 is 11.8 Å². The molecule has 0 amide bonds. The van der Waals surface area contributed by atoms with E-state index in [4.69, 9.17) is 4.74 Å². The molecule has 1 atom stereocenters.